The molecule has 1 atom stereocenters. The molecule has 0 radical (unpaired) electrons. The summed E-state index contributed by atoms with van der Waals surface area (Å²) in [5.41, 5.74) is 2.20. The molecule has 3 saturated heterocycles. The van der Waals surface area contributed by atoms with Crippen LogP contribution in [0, 0.1) is 0 Å². The Morgan fingerprint density at radius 2 is 1.97 bits per heavy atom. The average molecular weight is 408 g/mol. The van der Waals surface area contributed by atoms with Gasteiger partial charge in [-0.25, -0.2) is 15.0 Å². The van der Waals surface area contributed by atoms with Crippen molar-refractivity contribution in [2.75, 3.05) is 44.6 Å². The Hall–Kier alpha value is -2.16. The molecule has 1 N–H and O–H groups in total. The highest BCUT2D eigenvalue weighted by atomic mass is 32.1. The lowest BCUT2D eigenvalue weighted by Gasteiger charge is -2.47. The van der Waals surface area contributed by atoms with Crippen molar-refractivity contribution < 1.29 is 0 Å². The second-order valence-corrected chi connectivity index (χ2v) is 9.33. The van der Waals surface area contributed by atoms with Crippen LogP contribution in [0.3, 0.4) is 0 Å². The number of aryl methyl sites for hydroxylation is 2. The molecular formula is C21H25N7S. The topological polar surface area (TPSA) is 70.1 Å². The van der Waals surface area contributed by atoms with Gasteiger partial charge in [0.1, 0.15) is 16.3 Å². The Bertz CT molecular complexity index is 1030. The zero-order valence-corrected chi connectivity index (χ0v) is 17.3. The van der Waals surface area contributed by atoms with E-state index in [4.69, 9.17) is 9.97 Å². The van der Waals surface area contributed by atoms with E-state index in [0.29, 0.717) is 11.9 Å². The maximum Gasteiger partial charge on any atom is 0.183 e. The van der Waals surface area contributed by atoms with Gasteiger partial charge in [-0.1, -0.05) is 0 Å². The minimum absolute atomic E-state index is 0.553. The molecule has 7 rings (SSSR count). The van der Waals surface area contributed by atoms with Crippen LogP contribution in [0.25, 0.3) is 21.7 Å². The number of nitrogens with zero attached hydrogens (tertiary/aromatic N) is 6. The molecule has 2 bridgehead atoms. The Morgan fingerprint density at radius 1 is 1.07 bits per heavy atom. The first kappa shape index (κ1) is 17.7. The highest BCUT2D eigenvalue weighted by Gasteiger charge is 2.32. The summed E-state index contributed by atoms with van der Waals surface area (Å²) in [4.78, 5) is 26.3. The predicted molar refractivity (Wildman–Crippen MR) is 115 cm³/mol. The molecular weight excluding hydrogens is 382 g/mol. The molecule has 1 aliphatic carbocycles. The van der Waals surface area contributed by atoms with E-state index in [1.54, 1.807) is 18.6 Å². The van der Waals surface area contributed by atoms with E-state index in [9.17, 15) is 0 Å². The van der Waals surface area contributed by atoms with Crippen molar-refractivity contribution in [3.8, 4) is 11.5 Å². The van der Waals surface area contributed by atoms with Crippen LogP contribution < -0.4 is 5.32 Å². The molecule has 7 nitrogen and oxygen atoms in total. The van der Waals surface area contributed by atoms with E-state index in [-0.39, 0.29) is 0 Å². The molecule has 0 aromatic carbocycles. The van der Waals surface area contributed by atoms with Crippen LogP contribution in [0.4, 0.5) is 5.82 Å². The van der Waals surface area contributed by atoms with E-state index >= 15 is 0 Å². The van der Waals surface area contributed by atoms with Gasteiger partial charge in [0, 0.05) is 62.6 Å². The molecule has 0 spiro atoms. The summed E-state index contributed by atoms with van der Waals surface area (Å²) in [6.45, 7) is 6.87. The highest BCUT2D eigenvalue weighted by molar-refractivity contribution is 7.19. The SMILES string of the molecule is c1cnc(-c2nc(NCC3CN4CCN3CC4)c3c4c(sc3n2)CCCC4)cn1. The molecule has 0 amide bonds. The number of anilines is 1. The second-order valence-electron chi connectivity index (χ2n) is 8.25. The van der Waals surface area contributed by atoms with Crippen molar-refractivity contribution >= 4 is 27.4 Å². The fourth-order valence-corrected chi connectivity index (χ4v) is 6.21. The van der Waals surface area contributed by atoms with Crippen molar-refractivity contribution in [3.63, 3.8) is 0 Å². The van der Waals surface area contributed by atoms with Crippen LogP contribution in [-0.4, -0.2) is 75.0 Å². The largest absolute Gasteiger partial charge is 0.368 e. The summed E-state index contributed by atoms with van der Waals surface area (Å²) in [5.74, 6) is 1.65. The standard InChI is InChI=1S/C21H25N7S/c1-2-4-17-15(3-1)18-20(24-11-14-13-27-7-9-28(14)10-8-27)25-19(26-21(18)29-17)16-12-22-5-6-23-16/h5-6,12,14H,1-4,7-11,13H2,(H,24,25,26). The minimum Gasteiger partial charge on any atom is -0.368 e. The van der Waals surface area contributed by atoms with Crippen molar-refractivity contribution in [2.45, 2.75) is 31.7 Å². The second kappa shape index (κ2) is 7.27. The van der Waals surface area contributed by atoms with Crippen LogP contribution in [0.15, 0.2) is 18.6 Å². The van der Waals surface area contributed by atoms with E-state index in [2.05, 4.69) is 25.1 Å². The molecule has 150 valence electrons. The lowest BCUT2D eigenvalue weighted by molar-refractivity contribution is 0.0189. The van der Waals surface area contributed by atoms with Gasteiger partial charge < -0.3 is 5.32 Å². The van der Waals surface area contributed by atoms with Gasteiger partial charge in [0.15, 0.2) is 5.82 Å². The average Bonchev–Trinajstić information content (AvgIpc) is 3.17. The third-order valence-corrected chi connectivity index (χ3v) is 7.69. The smallest absolute Gasteiger partial charge is 0.183 e. The maximum atomic E-state index is 4.95. The summed E-state index contributed by atoms with van der Waals surface area (Å²) in [6.07, 6.45) is 9.98. The van der Waals surface area contributed by atoms with Crippen molar-refractivity contribution in [1.29, 1.82) is 0 Å². The monoisotopic (exact) mass is 407 g/mol. The lowest BCUT2D eigenvalue weighted by atomic mass is 9.97. The van der Waals surface area contributed by atoms with Crippen LogP contribution in [-0.2, 0) is 12.8 Å². The molecule has 6 heterocycles. The normalized spacial score (nSPS) is 25.9. The Kier molecular flexibility index (Phi) is 4.43. The van der Waals surface area contributed by atoms with Gasteiger partial charge in [-0.15, -0.1) is 11.3 Å². The summed E-state index contributed by atoms with van der Waals surface area (Å²) in [5, 5.41) is 4.97. The van der Waals surface area contributed by atoms with Gasteiger partial charge in [-0.3, -0.25) is 14.8 Å². The van der Waals surface area contributed by atoms with Crippen molar-refractivity contribution in [1.82, 2.24) is 29.7 Å². The molecule has 4 aliphatic rings. The first-order valence-electron chi connectivity index (χ1n) is 10.6. The first-order valence-corrected chi connectivity index (χ1v) is 11.5. The van der Waals surface area contributed by atoms with Crippen molar-refractivity contribution in [3.05, 3.63) is 29.0 Å². The van der Waals surface area contributed by atoms with Gasteiger partial charge in [0.05, 0.1) is 11.6 Å². The van der Waals surface area contributed by atoms with Gasteiger partial charge >= 0.3 is 0 Å². The minimum atomic E-state index is 0.553. The molecule has 0 saturated carbocycles. The summed E-state index contributed by atoms with van der Waals surface area (Å²) < 4.78 is 0. The van der Waals surface area contributed by atoms with Gasteiger partial charge in [0.25, 0.3) is 0 Å². The van der Waals surface area contributed by atoms with Crippen LogP contribution >= 0.6 is 11.3 Å². The van der Waals surface area contributed by atoms with Crippen LogP contribution in [0.1, 0.15) is 23.3 Å². The number of nitrogens with one attached hydrogen (secondary N) is 1. The quantitative estimate of drug-likeness (QED) is 0.712. The Morgan fingerprint density at radius 3 is 2.76 bits per heavy atom. The third kappa shape index (κ3) is 3.19. The van der Waals surface area contributed by atoms with E-state index in [0.717, 1.165) is 35.9 Å². The summed E-state index contributed by atoms with van der Waals surface area (Å²) in [6, 6.07) is 0.553. The van der Waals surface area contributed by atoms with Crippen LogP contribution in [0.5, 0.6) is 0 Å². The Balaban J connectivity index is 1.38. The summed E-state index contributed by atoms with van der Waals surface area (Å²) >= 11 is 1.84. The Labute approximate surface area is 174 Å². The fourth-order valence-electron chi connectivity index (χ4n) is 4.95. The number of aromatic nitrogens is 4. The molecule has 1 unspecified atom stereocenters. The number of rotatable bonds is 4. The number of piperazine rings is 3. The number of hydrogen-bond donors (Lipinski definition) is 1. The first-order chi connectivity index (χ1) is 14.3. The van der Waals surface area contributed by atoms with Gasteiger partial charge in [0.2, 0.25) is 0 Å². The molecule has 3 fully saturated rings. The van der Waals surface area contributed by atoms with E-state index < -0.39 is 0 Å². The molecule has 29 heavy (non-hydrogen) atoms. The van der Waals surface area contributed by atoms with Crippen LogP contribution in [0.2, 0.25) is 0 Å². The maximum absolute atomic E-state index is 4.95. The van der Waals surface area contributed by atoms with Gasteiger partial charge in [-0.2, -0.15) is 0 Å². The number of thiophene rings is 1. The molecule has 3 aromatic rings. The zero-order valence-electron chi connectivity index (χ0n) is 16.5. The van der Waals surface area contributed by atoms with E-state index in [1.165, 1.54) is 61.3 Å². The third-order valence-electron chi connectivity index (χ3n) is 6.50. The van der Waals surface area contributed by atoms with E-state index in [1.807, 2.05) is 11.3 Å². The molecule has 8 heteroatoms. The van der Waals surface area contributed by atoms with Crippen molar-refractivity contribution in [2.24, 2.45) is 0 Å². The van der Waals surface area contributed by atoms with Gasteiger partial charge in [-0.05, 0) is 31.2 Å². The molecule has 3 aromatic heterocycles. The fraction of sp³-hybridized carbons (Fsp3) is 0.524. The predicted octanol–water partition coefficient (Wildman–Crippen LogP) is 2.44. The zero-order chi connectivity index (χ0) is 19.2. The lowest BCUT2D eigenvalue weighted by Crippen LogP contribution is -2.62. The highest BCUT2D eigenvalue weighted by Crippen LogP contribution is 2.39. The number of hydrogen-bond acceptors (Lipinski definition) is 8. The summed E-state index contributed by atoms with van der Waals surface area (Å²) in [7, 11) is 0. The number of fused-ring (bicyclic) bond motifs is 6. The molecule has 3 aliphatic heterocycles.